The van der Waals surface area contributed by atoms with Crippen molar-refractivity contribution in [3.8, 4) is 6.07 Å². The molecule has 0 unspecified atom stereocenters. The highest BCUT2D eigenvalue weighted by atomic mass is 16.6. The van der Waals surface area contributed by atoms with E-state index in [1.165, 1.54) is 14.0 Å². The molecule has 0 amide bonds. The Morgan fingerprint density at radius 2 is 2.36 bits per heavy atom. The van der Waals surface area contributed by atoms with E-state index in [9.17, 15) is 4.79 Å². The third-order valence-electron chi connectivity index (χ3n) is 0.743. The van der Waals surface area contributed by atoms with Crippen LogP contribution in [-0.2, 0) is 14.4 Å². The summed E-state index contributed by atoms with van der Waals surface area (Å²) in [5, 5.41) is 11.6. The second-order valence-electron chi connectivity index (χ2n) is 1.61. The number of ether oxygens (including phenoxy) is 1. The van der Waals surface area contributed by atoms with Crippen LogP contribution in [0.25, 0.3) is 0 Å². The van der Waals surface area contributed by atoms with E-state index >= 15 is 0 Å². The molecule has 0 heterocycles. The van der Waals surface area contributed by atoms with E-state index in [-0.39, 0.29) is 12.3 Å². The molecule has 0 radical (unpaired) electrons. The molecule has 0 aromatic carbocycles. The Hall–Kier alpha value is -1.57. The fourth-order valence-electron chi connectivity index (χ4n) is 0.359. The van der Waals surface area contributed by atoms with Crippen LogP contribution in [-0.4, -0.2) is 25.4 Å². The van der Waals surface area contributed by atoms with Crippen LogP contribution in [0.5, 0.6) is 0 Å². The molecule has 0 spiro atoms. The lowest BCUT2D eigenvalue weighted by Crippen LogP contribution is -2.10. The molecule has 0 aliphatic heterocycles. The van der Waals surface area contributed by atoms with Gasteiger partial charge in [-0.3, -0.25) is 4.79 Å². The van der Waals surface area contributed by atoms with Gasteiger partial charge in [-0.05, 0) is 0 Å². The van der Waals surface area contributed by atoms with Crippen molar-refractivity contribution in [2.45, 2.75) is 6.92 Å². The predicted molar refractivity (Wildman–Crippen MR) is 36.7 cm³/mol. The van der Waals surface area contributed by atoms with Crippen LogP contribution >= 0.6 is 0 Å². The van der Waals surface area contributed by atoms with Crippen LogP contribution < -0.4 is 0 Å². The van der Waals surface area contributed by atoms with Crippen LogP contribution in [0, 0.1) is 11.3 Å². The standard InChI is InChI=1S/C6H8N2O3/c1-5(9)11-4-6(3-7)8-10-2/h4H2,1-2H3/b8-6+. The Bertz CT molecular complexity index is 204. The summed E-state index contributed by atoms with van der Waals surface area (Å²) in [5.74, 6) is -0.455. The number of hydrogen-bond acceptors (Lipinski definition) is 5. The molecule has 0 aromatic heterocycles. The van der Waals surface area contributed by atoms with Gasteiger partial charge in [-0.15, -0.1) is 0 Å². The third kappa shape index (κ3) is 4.90. The van der Waals surface area contributed by atoms with Crippen LogP contribution in [0.1, 0.15) is 6.92 Å². The van der Waals surface area contributed by atoms with Gasteiger partial charge in [0.05, 0.1) is 0 Å². The topological polar surface area (TPSA) is 71.7 Å². The van der Waals surface area contributed by atoms with Gasteiger partial charge in [-0.2, -0.15) is 5.26 Å². The number of esters is 1. The zero-order chi connectivity index (χ0) is 8.69. The van der Waals surface area contributed by atoms with Gasteiger partial charge in [0, 0.05) is 6.92 Å². The fraction of sp³-hybridized carbons (Fsp3) is 0.500. The van der Waals surface area contributed by atoms with Gasteiger partial charge < -0.3 is 9.57 Å². The van der Waals surface area contributed by atoms with Crippen LogP contribution in [0.4, 0.5) is 0 Å². The molecule has 60 valence electrons. The summed E-state index contributed by atoms with van der Waals surface area (Å²) in [7, 11) is 1.31. The number of rotatable bonds is 3. The molecule has 0 rings (SSSR count). The molecule has 5 nitrogen and oxygen atoms in total. The minimum atomic E-state index is -0.455. The summed E-state index contributed by atoms with van der Waals surface area (Å²) in [6.07, 6.45) is 0. The molecule has 0 atom stereocenters. The first-order valence-electron chi connectivity index (χ1n) is 2.84. The molecule has 0 aliphatic carbocycles. The Morgan fingerprint density at radius 1 is 1.73 bits per heavy atom. The number of hydrogen-bond donors (Lipinski definition) is 0. The normalized spacial score (nSPS) is 10.1. The second kappa shape index (κ2) is 5.23. The van der Waals surface area contributed by atoms with Crippen molar-refractivity contribution in [3.63, 3.8) is 0 Å². The van der Waals surface area contributed by atoms with Crippen LogP contribution in [0.2, 0.25) is 0 Å². The molecule has 0 fully saturated rings. The summed E-state index contributed by atoms with van der Waals surface area (Å²) in [5.41, 5.74) is 0.0303. The van der Waals surface area contributed by atoms with Crippen LogP contribution in [0.15, 0.2) is 5.16 Å². The molecule has 0 N–H and O–H groups in total. The first-order chi connectivity index (χ1) is 5.20. The average Bonchev–Trinajstić information content (AvgIpc) is 1.97. The van der Waals surface area contributed by atoms with Gasteiger partial charge in [0.1, 0.15) is 19.8 Å². The van der Waals surface area contributed by atoms with Crippen molar-refractivity contribution in [1.29, 1.82) is 5.26 Å². The van der Waals surface area contributed by atoms with Crippen molar-refractivity contribution in [3.05, 3.63) is 0 Å². The Morgan fingerprint density at radius 3 is 2.73 bits per heavy atom. The maximum atomic E-state index is 10.2. The van der Waals surface area contributed by atoms with Gasteiger partial charge in [0.2, 0.25) is 0 Å². The first kappa shape index (κ1) is 9.43. The van der Waals surface area contributed by atoms with Crippen molar-refractivity contribution in [2.75, 3.05) is 13.7 Å². The molecule has 5 heteroatoms. The van der Waals surface area contributed by atoms with Gasteiger partial charge in [-0.1, -0.05) is 5.16 Å². The van der Waals surface area contributed by atoms with Gasteiger partial charge in [0.25, 0.3) is 0 Å². The van der Waals surface area contributed by atoms with Crippen LogP contribution in [0.3, 0.4) is 0 Å². The lowest BCUT2D eigenvalue weighted by molar-refractivity contribution is -0.139. The highest BCUT2D eigenvalue weighted by molar-refractivity contribution is 5.99. The van der Waals surface area contributed by atoms with E-state index in [1.807, 2.05) is 0 Å². The average molecular weight is 156 g/mol. The van der Waals surface area contributed by atoms with E-state index in [0.717, 1.165) is 0 Å². The smallest absolute Gasteiger partial charge is 0.303 e. The van der Waals surface area contributed by atoms with E-state index < -0.39 is 5.97 Å². The zero-order valence-corrected chi connectivity index (χ0v) is 6.33. The maximum Gasteiger partial charge on any atom is 0.303 e. The highest BCUT2D eigenvalue weighted by Gasteiger charge is 2.00. The van der Waals surface area contributed by atoms with Gasteiger partial charge in [-0.25, -0.2) is 0 Å². The van der Waals surface area contributed by atoms with Crippen molar-refractivity contribution in [2.24, 2.45) is 5.16 Å². The Kier molecular flexibility index (Phi) is 4.49. The molecule has 0 saturated heterocycles. The largest absolute Gasteiger partial charge is 0.458 e. The van der Waals surface area contributed by atoms with Crippen molar-refractivity contribution < 1.29 is 14.4 Å². The third-order valence-corrected chi connectivity index (χ3v) is 0.743. The molecule has 0 aliphatic rings. The van der Waals surface area contributed by atoms with Crippen molar-refractivity contribution >= 4 is 11.7 Å². The maximum absolute atomic E-state index is 10.2. The summed E-state index contributed by atoms with van der Waals surface area (Å²) in [6, 6.07) is 1.71. The number of carbonyl (C=O) groups is 1. The SMILES string of the molecule is CO/N=C(\C#N)COC(C)=O. The number of carbonyl (C=O) groups excluding carboxylic acids is 1. The number of nitriles is 1. The predicted octanol–water partition coefficient (Wildman–Crippen LogP) is 0.0755. The van der Waals surface area contributed by atoms with Gasteiger partial charge in [0.15, 0.2) is 5.71 Å². The lowest BCUT2D eigenvalue weighted by Gasteiger charge is -1.96. The Balaban J connectivity index is 3.82. The molecule has 11 heavy (non-hydrogen) atoms. The van der Waals surface area contributed by atoms with E-state index in [0.29, 0.717) is 0 Å². The monoisotopic (exact) mass is 156 g/mol. The molecule has 0 saturated carbocycles. The summed E-state index contributed by atoms with van der Waals surface area (Å²) < 4.78 is 4.48. The summed E-state index contributed by atoms with van der Waals surface area (Å²) in [4.78, 5) is 14.5. The second-order valence-corrected chi connectivity index (χ2v) is 1.61. The quantitative estimate of drug-likeness (QED) is 0.329. The fourth-order valence-corrected chi connectivity index (χ4v) is 0.359. The highest BCUT2D eigenvalue weighted by Crippen LogP contribution is 1.82. The zero-order valence-electron chi connectivity index (χ0n) is 6.33. The first-order valence-corrected chi connectivity index (χ1v) is 2.84. The van der Waals surface area contributed by atoms with E-state index in [2.05, 4.69) is 14.7 Å². The van der Waals surface area contributed by atoms with E-state index in [4.69, 9.17) is 5.26 Å². The minimum absolute atomic E-state index is 0.0303. The Labute approximate surface area is 64.2 Å². The molecular formula is C6H8N2O3. The summed E-state index contributed by atoms with van der Waals surface area (Å²) in [6.45, 7) is 1.11. The lowest BCUT2D eigenvalue weighted by atomic mass is 10.4. The van der Waals surface area contributed by atoms with E-state index in [1.54, 1.807) is 6.07 Å². The number of nitrogens with zero attached hydrogens (tertiary/aromatic N) is 2. The molecule has 0 bridgehead atoms. The molecule has 0 aromatic rings. The number of oxime groups is 1. The van der Waals surface area contributed by atoms with Crippen molar-refractivity contribution in [1.82, 2.24) is 0 Å². The van der Waals surface area contributed by atoms with Gasteiger partial charge >= 0.3 is 5.97 Å². The summed E-state index contributed by atoms with van der Waals surface area (Å²) >= 11 is 0. The minimum Gasteiger partial charge on any atom is -0.458 e. The molecular weight excluding hydrogens is 148 g/mol.